The van der Waals surface area contributed by atoms with E-state index in [9.17, 15) is 0 Å². The molecule has 0 spiro atoms. The zero-order chi connectivity index (χ0) is 11.2. The molecule has 0 atom stereocenters. The quantitative estimate of drug-likeness (QED) is 0.674. The SMILES string of the molecule is [C-]#[N+]CCc1ccc(-c2ccccc2)cc1. The number of hydrogen-bond donors (Lipinski definition) is 0. The van der Waals surface area contributed by atoms with Crippen molar-refractivity contribution in [2.24, 2.45) is 0 Å². The molecule has 0 saturated heterocycles. The highest BCUT2D eigenvalue weighted by atomic mass is 14.6. The third kappa shape index (κ3) is 2.49. The minimum Gasteiger partial charge on any atom is -0.317 e. The van der Waals surface area contributed by atoms with Crippen LogP contribution in [0.1, 0.15) is 5.56 Å². The summed E-state index contributed by atoms with van der Waals surface area (Å²) in [6, 6.07) is 18.8. The van der Waals surface area contributed by atoms with Crippen molar-refractivity contribution in [3.63, 3.8) is 0 Å². The molecule has 1 nitrogen and oxygen atoms in total. The Balaban J connectivity index is 2.17. The fourth-order valence-electron chi connectivity index (χ4n) is 1.68. The molecule has 1 heteroatoms. The Bertz CT molecular complexity index is 477. The average molecular weight is 207 g/mol. The summed E-state index contributed by atoms with van der Waals surface area (Å²) in [4.78, 5) is 3.36. The molecule has 0 aliphatic rings. The van der Waals surface area contributed by atoms with Crippen molar-refractivity contribution in [2.45, 2.75) is 6.42 Å². The van der Waals surface area contributed by atoms with Gasteiger partial charge in [-0.25, -0.2) is 6.57 Å². The van der Waals surface area contributed by atoms with Crippen molar-refractivity contribution in [1.29, 1.82) is 0 Å². The second kappa shape index (κ2) is 5.14. The van der Waals surface area contributed by atoms with E-state index in [1.807, 2.05) is 18.2 Å². The van der Waals surface area contributed by atoms with Crippen LogP contribution in [-0.4, -0.2) is 6.54 Å². The lowest BCUT2D eigenvalue weighted by molar-refractivity contribution is 1.08. The molecule has 0 aliphatic carbocycles. The monoisotopic (exact) mass is 207 g/mol. The maximum absolute atomic E-state index is 6.75. The van der Waals surface area contributed by atoms with Gasteiger partial charge in [0, 0.05) is 6.42 Å². The largest absolute Gasteiger partial charge is 0.317 e. The van der Waals surface area contributed by atoms with Crippen molar-refractivity contribution in [3.05, 3.63) is 71.6 Å². The summed E-state index contributed by atoms with van der Waals surface area (Å²) >= 11 is 0. The molecule has 0 amide bonds. The van der Waals surface area contributed by atoms with Crippen molar-refractivity contribution >= 4 is 0 Å². The van der Waals surface area contributed by atoms with Gasteiger partial charge < -0.3 is 4.85 Å². The lowest BCUT2D eigenvalue weighted by Crippen LogP contribution is -1.87. The van der Waals surface area contributed by atoms with Crippen molar-refractivity contribution < 1.29 is 0 Å². The number of hydrogen-bond acceptors (Lipinski definition) is 0. The molecule has 0 heterocycles. The van der Waals surface area contributed by atoms with Gasteiger partial charge in [0.05, 0.1) is 0 Å². The summed E-state index contributed by atoms with van der Waals surface area (Å²) in [6.07, 6.45) is 0.846. The van der Waals surface area contributed by atoms with E-state index >= 15 is 0 Å². The molecule has 0 saturated carbocycles. The van der Waals surface area contributed by atoms with Gasteiger partial charge in [-0.05, 0) is 16.7 Å². The third-order valence-corrected chi connectivity index (χ3v) is 2.57. The van der Waals surface area contributed by atoms with Crippen molar-refractivity contribution in [3.8, 4) is 11.1 Å². The number of benzene rings is 2. The lowest BCUT2D eigenvalue weighted by atomic mass is 10.0. The molecule has 0 bridgehead atoms. The van der Waals surface area contributed by atoms with Gasteiger partial charge in [0.15, 0.2) is 0 Å². The van der Waals surface area contributed by atoms with Gasteiger partial charge in [-0.3, -0.25) is 0 Å². The van der Waals surface area contributed by atoms with E-state index in [-0.39, 0.29) is 0 Å². The second-order valence-electron chi connectivity index (χ2n) is 3.69. The highest BCUT2D eigenvalue weighted by Gasteiger charge is 1.98. The first kappa shape index (κ1) is 10.4. The van der Waals surface area contributed by atoms with E-state index in [0.717, 1.165) is 6.42 Å². The van der Waals surface area contributed by atoms with Gasteiger partial charge >= 0.3 is 0 Å². The van der Waals surface area contributed by atoms with E-state index < -0.39 is 0 Å². The second-order valence-corrected chi connectivity index (χ2v) is 3.69. The molecular formula is C15H13N. The summed E-state index contributed by atoms with van der Waals surface area (Å²) in [6.45, 7) is 7.33. The summed E-state index contributed by atoms with van der Waals surface area (Å²) in [7, 11) is 0. The minimum absolute atomic E-state index is 0.574. The summed E-state index contributed by atoms with van der Waals surface area (Å²) < 4.78 is 0. The van der Waals surface area contributed by atoms with E-state index in [1.165, 1.54) is 16.7 Å². The van der Waals surface area contributed by atoms with Crippen LogP contribution in [0.25, 0.3) is 16.0 Å². The van der Waals surface area contributed by atoms with Gasteiger partial charge in [0.25, 0.3) is 0 Å². The molecule has 0 unspecified atom stereocenters. The Kier molecular flexibility index (Phi) is 3.35. The summed E-state index contributed by atoms with van der Waals surface area (Å²) in [5.41, 5.74) is 3.70. The topological polar surface area (TPSA) is 4.36 Å². The van der Waals surface area contributed by atoms with Crippen LogP contribution in [0.3, 0.4) is 0 Å². The molecule has 78 valence electrons. The normalized spacial score (nSPS) is 9.69. The molecule has 0 fully saturated rings. The molecule has 2 aromatic rings. The molecule has 0 aromatic heterocycles. The standard InChI is InChI=1S/C15H13N/c1-16-12-11-13-7-9-15(10-8-13)14-5-3-2-4-6-14/h2-10H,11-12H2. The summed E-state index contributed by atoms with van der Waals surface area (Å²) in [5, 5.41) is 0. The lowest BCUT2D eigenvalue weighted by Gasteiger charge is -2.02. The molecule has 16 heavy (non-hydrogen) atoms. The molecule has 0 aliphatic heterocycles. The van der Waals surface area contributed by atoms with Gasteiger partial charge in [0.1, 0.15) is 0 Å². The van der Waals surface area contributed by atoms with Crippen LogP contribution >= 0.6 is 0 Å². The van der Waals surface area contributed by atoms with Gasteiger partial charge in [-0.2, -0.15) is 0 Å². The van der Waals surface area contributed by atoms with Gasteiger partial charge in [0.2, 0.25) is 6.54 Å². The molecular weight excluding hydrogens is 194 g/mol. The minimum atomic E-state index is 0.574. The first-order valence-electron chi connectivity index (χ1n) is 5.38. The van der Waals surface area contributed by atoms with Crippen LogP contribution in [0.2, 0.25) is 0 Å². The zero-order valence-electron chi connectivity index (χ0n) is 9.06. The highest BCUT2D eigenvalue weighted by molar-refractivity contribution is 5.63. The Labute approximate surface area is 96.2 Å². The smallest absolute Gasteiger partial charge is 0.218 e. The third-order valence-electron chi connectivity index (χ3n) is 2.57. The fourth-order valence-corrected chi connectivity index (χ4v) is 1.68. The Morgan fingerprint density at radius 2 is 1.44 bits per heavy atom. The van der Waals surface area contributed by atoms with Crippen LogP contribution in [-0.2, 0) is 6.42 Å². The van der Waals surface area contributed by atoms with E-state index in [0.29, 0.717) is 6.54 Å². The van der Waals surface area contributed by atoms with E-state index in [1.54, 1.807) is 0 Å². The van der Waals surface area contributed by atoms with Crippen molar-refractivity contribution in [1.82, 2.24) is 0 Å². The maximum Gasteiger partial charge on any atom is 0.218 e. The Morgan fingerprint density at radius 3 is 2.06 bits per heavy atom. The first-order chi connectivity index (χ1) is 7.90. The van der Waals surface area contributed by atoms with Crippen LogP contribution in [0.4, 0.5) is 0 Å². The van der Waals surface area contributed by atoms with Gasteiger partial charge in [-0.1, -0.05) is 54.6 Å². The highest BCUT2D eigenvalue weighted by Crippen LogP contribution is 2.19. The average Bonchev–Trinajstić information content (AvgIpc) is 2.38. The molecule has 2 rings (SSSR count). The predicted octanol–water partition coefficient (Wildman–Crippen LogP) is 3.82. The van der Waals surface area contributed by atoms with Crippen LogP contribution in [0, 0.1) is 6.57 Å². The van der Waals surface area contributed by atoms with Crippen LogP contribution in [0.15, 0.2) is 54.6 Å². The molecule has 2 aromatic carbocycles. The Hall–Kier alpha value is -2.07. The Morgan fingerprint density at radius 1 is 0.812 bits per heavy atom. The van der Waals surface area contributed by atoms with Gasteiger partial charge in [-0.15, -0.1) is 0 Å². The fraction of sp³-hybridized carbons (Fsp3) is 0.133. The van der Waals surface area contributed by atoms with Crippen LogP contribution < -0.4 is 0 Å². The maximum atomic E-state index is 6.75. The molecule has 0 radical (unpaired) electrons. The van der Waals surface area contributed by atoms with Crippen LogP contribution in [0.5, 0.6) is 0 Å². The van der Waals surface area contributed by atoms with Crippen molar-refractivity contribution in [2.75, 3.05) is 6.54 Å². The number of nitrogens with zero attached hydrogens (tertiary/aromatic N) is 1. The number of rotatable bonds is 3. The first-order valence-corrected chi connectivity index (χ1v) is 5.38. The van der Waals surface area contributed by atoms with E-state index in [4.69, 9.17) is 6.57 Å². The zero-order valence-corrected chi connectivity index (χ0v) is 9.06. The summed E-state index contributed by atoms with van der Waals surface area (Å²) in [5.74, 6) is 0. The predicted molar refractivity (Wildman–Crippen MR) is 67.1 cm³/mol. The molecule has 0 N–H and O–H groups in total. The van der Waals surface area contributed by atoms with E-state index in [2.05, 4.69) is 41.2 Å².